The van der Waals surface area contributed by atoms with Crippen LogP contribution in [0.15, 0.2) is 36.9 Å². The summed E-state index contributed by atoms with van der Waals surface area (Å²) in [5.41, 5.74) is 1.19. The van der Waals surface area contributed by atoms with E-state index in [-0.39, 0.29) is 29.9 Å². The van der Waals surface area contributed by atoms with Crippen molar-refractivity contribution in [1.82, 2.24) is 4.90 Å². The van der Waals surface area contributed by atoms with Crippen molar-refractivity contribution < 1.29 is 28.9 Å². The Labute approximate surface area is 188 Å². The predicted molar refractivity (Wildman–Crippen MR) is 122 cm³/mol. The summed E-state index contributed by atoms with van der Waals surface area (Å²) < 4.78 is 17.0. The van der Waals surface area contributed by atoms with E-state index in [1.807, 2.05) is 6.92 Å². The molecule has 0 bridgehead atoms. The zero-order valence-electron chi connectivity index (χ0n) is 18.5. The molecule has 1 aliphatic rings. The highest BCUT2D eigenvalue weighted by atomic mass is 16.5. The average Bonchev–Trinajstić information content (AvgIpc) is 2.82. The summed E-state index contributed by atoms with van der Waals surface area (Å²) in [7, 11) is 1.55. The van der Waals surface area contributed by atoms with Gasteiger partial charge in [-0.15, -0.1) is 0 Å². The number of aldehydes is 1. The molecule has 7 heteroatoms. The standard InChI is InChI=1S/C25H29NO6/c1-4-18-19(12-13-23(30-3)24(18)31-5-2)25(29)26-14-7-6-9-17(26)16-32-22-11-8-10-21(28)20(22)15-27/h4,8,10-13,15,17,28H,1,5-7,9,14,16H2,2-3H3. The zero-order valence-corrected chi connectivity index (χ0v) is 18.5. The minimum absolute atomic E-state index is 0.103. The monoisotopic (exact) mass is 439 g/mol. The maximum absolute atomic E-state index is 13.6. The highest BCUT2D eigenvalue weighted by molar-refractivity contribution is 5.99. The Kier molecular flexibility index (Phi) is 7.76. The first kappa shape index (κ1) is 23.2. The Morgan fingerprint density at radius 3 is 2.69 bits per heavy atom. The van der Waals surface area contributed by atoms with Crippen molar-refractivity contribution in [2.24, 2.45) is 0 Å². The number of amides is 1. The molecule has 1 heterocycles. The molecule has 7 nitrogen and oxygen atoms in total. The second-order valence-corrected chi connectivity index (χ2v) is 7.46. The number of aromatic hydroxyl groups is 1. The third-order valence-corrected chi connectivity index (χ3v) is 5.58. The number of nitrogens with zero attached hydrogens (tertiary/aromatic N) is 1. The molecule has 170 valence electrons. The Morgan fingerprint density at radius 2 is 2.00 bits per heavy atom. The van der Waals surface area contributed by atoms with Gasteiger partial charge in [0.25, 0.3) is 5.91 Å². The van der Waals surface area contributed by atoms with Crippen LogP contribution in [0.25, 0.3) is 6.08 Å². The van der Waals surface area contributed by atoms with Gasteiger partial charge in [-0.25, -0.2) is 0 Å². The van der Waals surface area contributed by atoms with Crippen LogP contribution in [0, 0.1) is 0 Å². The van der Waals surface area contributed by atoms with Crippen LogP contribution in [-0.2, 0) is 0 Å². The molecule has 0 aromatic heterocycles. The number of methoxy groups -OCH3 is 1. The normalized spacial score (nSPS) is 15.7. The van der Waals surface area contributed by atoms with Crippen molar-refractivity contribution in [2.75, 3.05) is 26.9 Å². The summed E-state index contributed by atoms with van der Waals surface area (Å²) in [6, 6.07) is 7.96. The summed E-state index contributed by atoms with van der Waals surface area (Å²) in [5.74, 6) is 1.07. The van der Waals surface area contributed by atoms with Crippen LogP contribution < -0.4 is 14.2 Å². The molecule has 2 aromatic rings. The molecule has 1 atom stereocenters. The number of carbonyl (C=O) groups excluding carboxylic acids is 2. The molecule has 1 aliphatic heterocycles. The maximum Gasteiger partial charge on any atom is 0.254 e. The fraction of sp³-hybridized carbons (Fsp3) is 0.360. The van der Waals surface area contributed by atoms with E-state index in [1.54, 1.807) is 42.4 Å². The lowest BCUT2D eigenvalue weighted by Gasteiger charge is -2.36. The zero-order chi connectivity index (χ0) is 23.1. The third-order valence-electron chi connectivity index (χ3n) is 5.58. The van der Waals surface area contributed by atoms with Gasteiger partial charge in [0, 0.05) is 12.1 Å². The summed E-state index contributed by atoms with van der Waals surface area (Å²) in [6.07, 6.45) is 4.82. The number of likely N-dealkylation sites (tertiary alicyclic amines) is 1. The number of rotatable bonds is 9. The van der Waals surface area contributed by atoms with E-state index in [2.05, 4.69) is 6.58 Å². The highest BCUT2D eigenvalue weighted by Crippen LogP contribution is 2.36. The maximum atomic E-state index is 13.6. The van der Waals surface area contributed by atoms with E-state index in [0.29, 0.717) is 47.8 Å². The first-order valence-electron chi connectivity index (χ1n) is 10.7. The topological polar surface area (TPSA) is 85.3 Å². The summed E-state index contributed by atoms with van der Waals surface area (Å²) in [5, 5.41) is 9.88. The molecule has 1 N–H and O–H groups in total. The van der Waals surface area contributed by atoms with Gasteiger partial charge in [-0.2, -0.15) is 0 Å². The van der Waals surface area contributed by atoms with Gasteiger partial charge < -0.3 is 24.2 Å². The van der Waals surface area contributed by atoms with Crippen molar-refractivity contribution in [3.8, 4) is 23.0 Å². The number of phenolic OH excluding ortho intramolecular Hbond substituents is 1. The third kappa shape index (κ3) is 4.72. The summed E-state index contributed by atoms with van der Waals surface area (Å²) >= 11 is 0. The Morgan fingerprint density at radius 1 is 1.19 bits per heavy atom. The number of ether oxygens (including phenoxy) is 3. The van der Waals surface area contributed by atoms with Crippen LogP contribution in [0.4, 0.5) is 0 Å². The molecule has 0 spiro atoms. The largest absolute Gasteiger partial charge is 0.507 e. The molecule has 0 aliphatic carbocycles. The minimum atomic E-state index is -0.173. The van der Waals surface area contributed by atoms with Crippen LogP contribution in [0.3, 0.4) is 0 Å². The van der Waals surface area contributed by atoms with Gasteiger partial charge in [0.2, 0.25) is 0 Å². The summed E-state index contributed by atoms with van der Waals surface area (Å²) in [6.45, 7) is 6.98. The molecular weight excluding hydrogens is 410 g/mol. The molecular formula is C25H29NO6. The van der Waals surface area contributed by atoms with E-state index >= 15 is 0 Å². The molecule has 3 rings (SSSR count). The lowest BCUT2D eigenvalue weighted by atomic mass is 9.98. The van der Waals surface area contributed by atoms with Gasteiger partial charge in [-0.3, -0.25) is 9.59 Å². The fourth-order valence-electron chi connectivity index (χ4n) is 3.98. The van der Waals surface area contributed by atoms with E-state index < -0.39 is 0 Å². The van der Waals surface area contributed by atoms with Crippen molar-refractivity contribution in [1.29, 1.82) is 0 Å². The van der Waals surface area contributed by atoms with Crippen LogP contribution in [0.1, 0.15) is 52.5 Å². The van der Waals surface area contributed by atoms with Crippen LogP contribution in [0.5, 0.6) is 23.0 Å². The van der Waals surface area contributed by atoms with Crippen LogP contribution in [-0.4, -0.2) is 55.1 Å². The molecule has 0 radical (unpaired) electrons. The van der Waals surface area contributed by atoms with Gasteiger partial charge in [0.15, 0.2) is 17.8 Å². The van der Waals surface area contributed by atoms with Crippen molar-refractivity contribution in [3.05, 3.63) is 53.6 Å². The van der Waals surface area contributed by atoms with Gasteiger partial charge in [-0.1, -0.05) is 18.7 Å². The van der Waals surface area contributed by atoms with Crippen LogP contribution >= 0.6 is 0 Å². The van der Waals surface area contributed by atoms with Gasteiger partial charge >= 0.3 is 0 Å². The second-order valence-electron chi connectivity index (χ2n) is 7.46. The number of piperidine rings is 1. The Bertz CT molecular complexity index is 987. The van der Waals surface area contributed by atoms with E-state index in [0.717, 1.165) is 19.3 Å². The van der Waals surface area contributed by atoms with Crippen molar-refractivity contribution in [3.63, 3.8) is 0 Å². The fourth-order valence-corrected chi connectivity index (χ4v) is 3.98. The first-order valence-corrected chi connectivity index (χ1v) is 10.7. The van der Waals surface area contributed by atoms with E-state index in [1.165, 1.54) is 6.07 Å². The quantitative estimate of drug-likeness (QED) is 0.586. The SMILES string of the molecule is C=Cc1c(C(=O)N2CCCCC2COc2cccc(O)c2C=O)ccc(OC)c1OCC. The number of hydrogen-bond donors (Lipinski definition) is 1. The second kappa shape index (κ2) is 10.7. The van der Waals surface area contributed by atoms with E-state index in [9.17, 15) is 14.7 Å². The number of hydrogen-bond acceptors (Lipinski definition) is 6. The van der Waals surface area contributed by atoms with E-state index in [4.69, 9.17) is 14.2 Å². The smallest absolute Gasteiger partial charge is 0.254 e. The molecule has 1 saturated heterocycles. The predicted octanol–water partition coefficient (Wildman–Crippen LogP) is 4.33. The van der Waals surface area contributed by atoms with Crippen molar-refractivity contribution >= 4 is 18.3 Å². The Balaban J connectivity index is 1.87. The molecule has 0 saturated carbocycles. The minimum Gasteiger partial charge on any atom is -0.507 e. The van der Waals surface area contributed by atoms with Gasteiger partial charge in [-0.05, 0) is 50.5 Å². The van der Waals surface area contributed by atoms with Gasteiger partial charge in [0.05, 0.1) is 30.9 Å². The lowest BCUT2D eigenvalue weighted by molar-refractivity contribution is 0.0526. The molecule has 2 aromatic carbocycles. The van der Waals surface area contributed by atoms with Gasteiger partial charge in [0.1, 0.15) is 18.1 Å². The molecule has 1 amide bonds. The first-order chi connectivity index (χ1) is 15.5. The molecule has 1 fully saturated rings. The van der Waals surface area contributed by atoms with Crippen molar-refractivity contribution in [2.45, 2.75) is 32.2 Å². The Hall–Kier alpha value is -3.48. The number of benzene rings is 2. The molecule has 32 heavy (non-hydrogen) atoms. The highest BCUT2D eigenvalue weighted by Gasteiger charge is 2.30. The average molecular weight is 440 g/mol. The van der Waals surface area contributed by atoms with Crippen LogP contribution in [0.2, 0.25) is 0 Å². The number of phenols is 1. The molecule has 1 unspecified atom stereocenters. The number of carbonyl (C=O) groups is 2. The summed E-state index contributed by atoms with van der Waals surface area (Å²) in [4.78, 5) is 26.7. The lowest BCUT2D eigenvalue weighted by Crippen LogP contribution is -2.47.